The van der Waals surface area contributed by atoms with Crippen molar-refractivity contribution in [3.63, 3.8) is 0 Å². The minimum atomic E-state index is -3.20. The molecule has 24 heavy (non-hydrogen) atoms. The number of benzene rings is 2. The molecule has 1 heterocycles. The second-order valence-electron chi connectivity index (χ2n) is 6.43. The summed E-state index contributed by atoms with van der Waals surface area (Å²) in [5.74, 6) is 0. The highest BCUT2D eigenvalue weighted by Crippen LogP contribution is 2.26. The highest BCUT2D eigenvalue weighted by atomic mass is 32.2. The van der Waals surface area contributed by atoms with Gasteiger partial charge in [0.25, 0.3) is 0 Å². The van der Waals surface area contributed by atoms with Crippen LogP contribution in [-0.4, -0.2) is 33.3 Å². The Morgan fingerprint density at radius 2 is 1.79 bits per heavy atom. The molecule has 1 saturated heterocycles. The van der Waals surface area contributed by atoms with Crippen LogP contribution in [0.5, 0.6) is 0 Å². The van der Waals surface area contributed by atoms with Crippen molar-refractivity contribution in [2.75, 3.05) is 12.8 Å². The molecule has 2 aromatic rings. The molecule has 0 spiro atoms. The molecular weight excluding hydrogens is 320 g/mol. The van der Waals surface area contributed by atoms with Crippen molar-refractivity contribution in [2.45, 2.75) is 31.3 Å². The predicted molar refractivity (Wildman–Crippen MR) is 98.4 cm³/mol. The van der Waals surface area contributed by atoms with Gasteiger partial charge in [-0.15, -0.1) is 0 Å². The van der Waals surface area contributed by atoms with Gasteiger partial charge in [-0.25, -0.2) is 13.1 Å². The fourth-order valence-corrected chi connectivity index (χ4v) is 4.25. The maximum atomic E-state index is 11.6. The second-order valence-corrected chi connectivity index (χ2v) is 8.21. The first-order chi connectivity index (χ1) is 11.5. The molecule has 0 radical (unpaired) electrons. The van der Waals surface area contributed by atoms with E-state index in [0.717, 1.165) is 25.8 Å². The molecule has 3 rings (SSSR count). The Balaban J connectivity index is 1.85. The lowest BCUT2D eigenvalue weighted by Gasteiger charge is -2.33. The Morgan fingerprint density at radius 3 is 2.54 bits per heavy atom. The molecule has 2 N–H and O–H groups in total. The van der Waals surface area contributed by atoms with Crippen LogP contribution < -0.4 is 10.0 Å². The normalized spacial score (nSPS) is 21.5. The van der Waals surface area contributed by atoms with E-state index in [0.29, 0.717) is 0 Å². The largest absolute Gasteiger partial charge is 0.312 e. The minimum Gasteiger partial charge on any atom is -0.312 e. The molecule has 0 bridgehead atoms. The Hall–Kier alpha value is -1.69. The molecule has 1 fully saturated rings. The van der Waals surface area contributed by atoms with Gasteiger partial charge in [0.05, 0.1) is 6.26 Å². The Morgan fingerprint density at radius 1 is 1.08 bits per heavy atom. The van der Waals surface area contributed by atoms with Crippen LogP contribution in [0.25, 0.3) is 11.1 Å². The Labute approximate surface area is 144 Å². The third kappa shape index (κ3) is 4.44. The molecule has 5 heteroatoms. The highest BCUT2D eigenvalue weighted by molar-refractivity contribution is 7.88. The third-order valence-corrected chi connectivity index (χ3v) is 5.22. The van der Waals surface area contributed by atoms with Crippen LogP contribution >= 0.6 is 0 Å². The number of rotatable bonds is 5. The average molecular weight is 344 g/mol. The van der Waals surface area contributed by atoms with Crippen molar-refractivity contribution in [3.8, 4) is 11.1 Å². The lowest BCUT2D eigenvalue weighted by molar-refractivity contribution is 0.329. The van der Waals surface area contributed by atoms with Crippen molar-refractivity contribution < 1.29 is 8.42 Å². The fraction of sp³-hybridized carbons (Fsp3) is 0.368. The van der Waals surface area contributed by atoms with E-state index in [9.17, 15) is 8.42 Å². The lowest BCUT2D eigenvalue weighted by atomic mass is 9.90. The molecule has 0 amide bonds. The number of hydrogen-bond donors (Lipinski definition) is 2. The third-order valence-electron chi connectivity index (χ3n) is 4.49. The molecule has 4 nitrogen and oxygen atoms in total. The van der Waals surface area contributed by atoms with Gasteiger partial charge in [0.1, 0.15) is 0 Å². The molecule has 128 valence electrons. The number of hydrogen-bond acceptors (Lipinski definition) is 3. The quantitative estimate of drug-likeness (QED) is 0.876. The van der Waals surface area contributed by atoms with Gasteiger partial charge in [-0.2, -0.15) is 0 Å². The summed E-state index contributed by atoms with van der Waals surface area (Å²) in [5.41, 5.74) is 3.64. The highest BCUT2D eigenvalue weighted by Gasteiger charge is 2.27. The zero-order valence-corrected chi connectivity index (χ0v) is 14.7. The van der Waals surface area contributed by atoms with Crippen LogP contribution in [0.1, 0.15) is 18.4 Å². The summed E-state index contributed by atoms with van der Waals surface area (Å²) >= 11 is 0. The molecule has 2 unspecified atom stereocenters. The predicted octanol–water partition coefficient (Wildman–Crippen LogP) is 2.57. The standard InChI is InChI=1S/C19H24N2O2S/c1-24(22,23)21-18-12-7-13-20-19(18)14-16-10-5-6-11-17(16)15-8-3-2-4-9-15/h2-6,8-11,18-21H,7,12-14H2,1H3. The summed E-state index contributed by atoms with van der Waals surface area (Å²) in [6.45, 7) is 0.931. The van der Waals surface area contributed by atoms with Crippen LogP contribution in [0.3, 0.4) is 0 Å². The van der Waals surface area contributed by atoms with Crippen molar-refractivity contribution in [3.05, 3.63) is 60.2 Å². The van der Waals surface area contributed by atoms with Gasteiger partial charge in [-0.3, -0.25) is 0 Å². The topological polar surface area (TPSA) is 58.2 Å². The Bertz CT molecular complexity index is 775. The first-order valence-corrected chi connectivity index (χ1v) is 10.3. The van der Waals surface area contributed by atoms with Gasteiger partial charge in [-0.1, -0.05) is 54.6 Å². The van der Waals surface area contributed by atoms with Gasteiger partial charge >= 0.3 is 0 Å². The van der Waals surface area contributed by atoms with Gasteiger partial charge in [0.15, 0.2) is 0 Å². The molecule has 1 aliphatic heterocycles. The van der Waals surface area contributed by atoms with E-state index in [1.165, 1.54) is 22.9 Å². The van der Waals surface area contributed by atoms with Crippen LogP contribution in [0.2, 0.25) is 0 Å². The summed E-state index contributed by atoms with van der Waals surface area (Å²) in [7, 11) is -3.20. The van der Waals surface area contributed by atoms with E-state index in [2.05, 4.69) is 34.3 Å². The molecule has 2 aromatic carbocycles. The summed E-state index contributed by atoms with van der Waals surface area (Å²) < 4.78 is 26.1. The maximum absolute atomic E-state index is 11.6. The monoisotopic (exact) mass is 344 g/mol. The summed E-state index contributed by atoms with van der Waals surface area (Å²) in [5, 5.41) is 3.49. The van der Waals surface area contributed by atoms with Crippen LogP contribution in [-0.2, 0) is 16.4 Å². The van der Waals surface area contributed by atoms with Gasteiger partial charge in [0, 0.05) is 12.1 Å². The number of nitrogens with one attached hydrogen (secondary N) is 2. The Kier molecular flexibility index (Phi) is 5.33. The van der Waals surface area contributed by atoms with Gasteiger partial charge in [-0.05, 0) is 42.5 Å². The number of piperidine rings is 1. The SMILES string of the molecule is CS(=O)(=O)NC1CCCNC1Cc1ccccc1-c1ccccc1. The molecular formula is C19H24N2O2S. The minimum absolute atomic E-state index is 0.0578. The first-order valence-electron chi connectivity index (χ1n) is 8.37. The molecule has 0 aromatic heterocycles. The van der Waals surface area contributed by atoms with Crippen molar-refractivity contribution >= 4 is 10.0 Å². The average Bonchev–Trinajstić information content (AvgIpc) is 2.57. The first kappa shape index (κ1) is 17.1. The van der Waals surface area contributed by atoms with Crippen LogP contribution in [0, 0.1) is 0 Å². The van der Waals surface area contributed by atoms with Crippen LogP contribution in [0.15, 0.2) is 54.6 Å². The fourth-order valence-electron chi connectivity index (χ4n) is 3.42. The maximum Gasteiger partial charge on any atom is 0.209 e. The second kappa shape index (κ2) is 7.47. The van der Waals surface area contributed by atoms with Gasteiger partial charge < -0.3 is 5.32 Å². The van der Waals surface area contributed by atoms with E-state index in [1.54, 1.807) is 0 Å². The number of sulfonamides is 1. The molecule has 1 aliphatic rings. The smallest absolute Gasteiger partial charge is 0.209 e. The zero-order valence-electron chi connectivity index (χ0n) is 13.9. The van der Waals surface area contributed by atoms with E-state index >= 15 is 0 Å². The van der Waals surface area contributed by atoms with Crippen molar-refractivity contribution in [1.29, 1.82) is 0 Å². The van der Waals surface area contributed by atoms with E-state index < -0.39 is 10.0 Å². The molecule has 2 atom stereocenters. The van der Waals surface area contributed by atoms with Crippen molar-refractivity contribution in [1.82, 2.24) is 10.0 Å². The summed E-state index contributed by atoms with van der Waals surface area (Å²) in [6, 6.07) is 18.7. The van der Waals surface area contributed by atoms with E-state index in [1.807, 2.05) is 30.3 Å². The zero-order chi connectivity index (χ0) is 17.0. The summed E-state index contributed by atoms with van der Waals surface area (Å²) in [4.78, 5) is 0. The van der Waals surface area contributed by atoms with Gasteiger partial charge in [0.2, 0.25) is 10.0 Å². The lowest BCUT2D eigenvalue weighted by Crippen LogP contribution is -2.54. The van der Waals surface area contributed by atoms with E-state index in [-0.39, 0.29) is 12.1 Å². The van der Waals surface area contributed by atoms with E-state index in [4.69, 9.17) is 0 Å². The summed E-state index contributed by atoms with van der Waals surface area (Å²) in [6.07, 6.45) is 3.90. The van der Waals surface area contributed by atoms with Crippen molar-refractivity contribution in [2.24, 2.45) is 0 Å². The molecule has 0 aliphatic carbocycles. The molecule has 0 saturated carbocycles. The van der Waals surface area contributed by atoms with Crippen LogP contribution in [0.4, 0.5) is 0 Å².